The van der Waals surface area contributed by atoms with Crippen LogP contribution < -0.4 is 5.32 Å². The molecule has 2 unspecified atom stereocenters. The molecule has 4 nitrogen and oxygen atoms in total. The van der Waals surface area contributed by atoms with Gasteiger partial charge in [0.25, 0.3) is 0 Å². The van der Waals surface area contributed by atoms with Crippen LogP contribution in [0.15, 0.2) is 18.3 Å². The quantitative estimate of drug-likeness (QED) is 0.841. The maximum absolute atomic E-state index is 13.0. The third-order valence-electron chi connectivity index (χ3n) is 3.36. The first-order valence-electron chi connectivity index (χ1n) is 7.43. The van der Waals surface area contributed by atoms with Gasteiger partial charge in [-0.05, 0) is 30.9 Å². The Morgan fingerprint density at radius 2 is 2.05 bits per heavy atom. The number of hydrogen-bond acceptors (Lipinski definition) is 3. The number of rotatable bonds is 7. The van der Waals surface area contributed by atoms with Crippen LogP contribution in [-0.4, -0.2) is 35.9 Å². The summed E-state index contributed by atoms with van der Waals surface area (Å²) in [6, 6.07) is 2.76. The number of amides is 1. The van der Waals surface area contributed by atoms with Crippen LogP contribution in [0.1, 0.15) is 45.3 Å². The van der Waals surface area contributed by atoms with Gasteiger partial charge in [-0.2, -0.15) is 0 Å². The van der Waals surface area contributed by atoms with Crippen molar-refractivity contribution in [1.29, 1.82) is 0 Å². The molecule has 0 aliphatic heterocycles. The second-order valence-corrected chi connectivity index (χ2v) is 5.94. The van der Waals surface area contributed by atoms with Crippen molar-refractivity contribution in [3.05, 3.63) is 29.8 Å². The van der Waals surface area contributed by atoms with Crippen LogP contribution in [0.4, 0.5) is 4.39 Å². The number of hydrogen-bond donors (Lipinski definition) is 1. The second kappa shape index (κ2) is 8.08. The number of likely N-dealkylation sites (N-methyl/N-ethyl adjacent to an activating group) is 1. The predicted molar refractivity (Wildman–Crippen MR) is 82.3 cm³/mol. The van der Waals surface area contributed by atoms with E-state index in [2.05, 4.69) is 24.1 Å². The van der Waals surface area contributed by atoms with Gasteiger partial charge in [0, 0.05) is 20.1 Å². The monoisotopic (exact) mass is 295 g/mol. The minimum atomic E-state index is -0.350. The molecule has 0 saturated heterocycles. The van der Waals surface area contributed by atoms with Crippen molar-refractivity contribution in [2.75, 3.05) is 14.1 Å². The number of nitrogens with zero attached hydrogens (tertiary/aromatic N) is 2. The number of nitrogens with one attached hydrogen (secondary N) is 1. The summed E-state index contributed by atoms with van der Waals surface area (Å²) in [6.45, 7) is 6.21. The van der Waals surface area contributed by atoms with E-state index in [0.29, 0.717) is 5.92 Å². The van der Waals surface area contributed by atoms with Crippen LogP contribution in [0, 0.1) is 11.7 Å². The van der Waals surface area contributed by atoms with Crippen LogP contribution in [0.3, 0.4) is 0 Å². The molecule has 1 aromatic heterocycles. The van der Waals surface area contributed by atoms with Gasteiger partial charge in [-0.15, -0.1) is 0 Å². The van der Waals surface area contributed by atoms with E-state index >= 15 is 0 Å². The van der Waals surface area contributed by atoms with E-state index in [9.17, 15) is 9.18 Å². The largest absolute Gasteiger partial charge is 0.347 e. The Balaban J connectivity index is 2.87. The van der Waals surface area contributed by atoms with Crippen molar-refractivity contribution in [1.82, 2.24) is 15.2 Å². The molecular formula is C16H26FN3O. The standard InChI is InChI=1S/C16H26FN3O/c1-6-13(14-8-7-12(17)10-18-14)19-15(9-11(2)3)16(21)20(4)5/h7-8,10-11,13,15,19H,6,9H2,1-5H3. The molecule has 118 valence electrons. The summed E-state index contributed by atoms with van der Waals surface area (Å²) < 4.78 is 13.0. The first kappa shape index (κ1) is 17.6. The summed E-state index contributed by atoms with van der Waals surface area (Å²) in [6.07, 6.45) is 2.76. The lowest BCUT2D eigenvalue weighted by molar-refractivity contribution is -0.131. The fourth-order valence-corrected chi connectivity index (χ4v) is 2.27. The molecule has 1 amide bonds. The first-order chi connectivity index (χ1) is 9.85. The molecule has 0 fully saturated rings. The van der Waals surface area contributed by atoms with Gasteiger partial charge in [-0.25, -0.2) is 4.39 Å². The Kier molecular flexibility index (Phi) is 6.75. The number of aromatic nitrogens is 1. The zero-order chi connectivity index (χ0) is 16.0. The third-order valence-corrected chi connectivity index (χ3v) is 3.36. The van der Waals surface area contributed by atoms with Crippen molar-refractivity contribution in [2.45, 2.75) is 45.7 Å². The van der Waals surface area contributed by atoms with Crippen LogP contribution in [-0.2, 0) is 4.79 Å². The molecule has 0 spiro atoms. The Hall–Kier alpha value is -1.49. The van der Waals surface area contributed by atoms with E-state index in [-0.39, 0.29) is 23.8 Å². The summed E-state index contributed by atoms with van der Waals surface area (Å²) in [4.78, 5) is 18.0. The maximum Gasteiger partial charge on any atom is 0.239 e. The topological polar surface area (TPSA) is 45.2 Å². The van der Waals surface area contributed by atoms with Gasteiger partial charge in [-0.1, -0.05) is 20.8 Å². The summed E-state index contributed by atoms with van der Waals surface area (Å²) >= 11 is 0. The summed E-state index contributed by atoms with van der Waals surface area (Å²) in [5, 5.41) is 3.38. The lowest BCUT2D eigenvalue weighted by atomic mass is 10.0. The van der Waals surface area contributed by atoms with Gasteiger partial charge in [0.15, 0.2) is 0 Å². The minimum Gasteiger partial charge on any atom is -0.347 e. The smallest absolute Gasteiger partial charge is 0.239 e. The molecule has 0 aliphatic rings. The zero-order valence-corrected chi connectivity index (χ0v) is 13.6. The van der Waals surface area contributed by atoms with E-state index in [4.69, 9.17) is 0 Å². The van der Waals surface area contributed by atoms with Crippen molar-refractivity contribution in [3.63, 3.8) is 0 Å². The highest BCUT2D eigenvalue weighted by Gasteiger charge is 2.25. The molecule has 21 heavy (non-hydrogen) atoms. The van der Waals surface area contributed by atoms with E-state index in [1.807, 2.05) is 6.92 Å². The molecule has 1 rings (SSSR count). The molecule has 1 aromatic rings. The van der Waals surface area contributed by atoms with Crippen LogP contribution in [0.5, 0.6) is 0 Å². The molecule has 0 aliphatic carbocycles. The molecule has 5 heteroatoms. The number of carbonyl (C=O) groups excluding carboxylic acids is 1. The van der Waals surface area contributed by atoms with Crippen molar-refractivity contribution in [3.8, 4) is 0 Å². The average Bonchev–Trinajstić information content (AvgIpc) is 2.43. The van der Waals surface area contributed by atoms with Gasteiger partial charge < -0.3 is 4.90 Å². The highest BCUT2D eigenvalue weighted by molar-refractivity contribution is 5.81. The molecule has 1 heterocycles. The number of halogens is 1. The lowest BCUT2D eigenvalue weighted by Gasteiger charge is -2.27. The Labute approximate surface area is 126 Å². The van der Waals surface area contributed by atoms with E-state index < -0.39 is 0 Å². The van der Waals surface area contributed by atoms with Gasteiger partial charge in [0.05, 0.1) is 17.9 Å². The molecule has 0 aromatic carbocycles. The number of carbonyl (C=O) groups is 1. The summed E-state index contributed by atoms with van der Waals surface area (Å²) in [5.41, 5.74) is 0.763. The second-order valence-electron chi connectivity index (χ2n) is 5.94. The SMILES string of the molecule is CCC(NC(CC(C)C)C(=O)N(C)C)c1ccc(F)cn1. The average molecular weight is 295 g/mol. The lowest BCUT2D eigenvalue weighted by Crippen LogP contribution is -2.45. The maximum atomic E-state index is 13.0. The van der Waals surface area contributed by atoms with E-state index in [1.165, 1.54) is 12.3 Å². The Morgan fingerprint density at radius 1 is 1.38 bits per heavy atom. The van der Waals surface area contributed by atoms with Gasteiger partial charge in [0.1, 0.15) is 5.82 Å². The summed E-state index contributed by atoms with van der Waals surface area (Å²) in [5.74, 6) is 0.117. The minimum absolute atomic E-state index is 0.0572. The fraction of sp³-hybridized carbons (Fsp3) is 0.625. The van der Waals surface area contributed by atoms with Crippen LogP contribution in [0.2, 0.25) is 0 Å². The molecular weight excluding hydrogens is 269 g/mol. The summed E-state index contributed by atoms with van der Waals surface area (Å²) in [7, 11) is 3.52. The fourth-order valence-electron chi connectivity index (χ4n) is 2.27. The van der Waals surface area contributed by atoms with Crippen LogP contribution >= 0.6 is 0 Å². The predicted octanol–water partition coefficient (Wildman–Crippen LogP) is 2.76. The van der Waals surface area contributed by atoms with Crippen molar-refractivity contribution in [2.24, 2.45) is 5.92 Å². The Morgan fingerprint density at radius 3 is 2.48 bits per heavy atom. The molecule has 0 saturated carbocycles. The van der Waals surface area contributed by atoms with Gasteiger partial charge in [0.2, 0.25) is 5.91 Å². The first-order valence-corrected chi connectivity index (χ1v) is 7.43. The molecule has 1 N–H and O–H groups in total. The number of pyridine rings is 1. The van der Waals surface area contributed by atoms with Gasteiger partial charge >= 0.3 is 0 Å². The normalized spacial score (nSPS) is 14.0. The highest BCUT2D eigenvalue weighted by atomic mass is 19.1. The van der Waals surface area contributed by atoms with Crippen LogP contribution in [0.25, 0.3) is 0 Å². The van der Waals surface area contributed by atoms with Gasteiger partial charge in [-0.3, -0.25) is 15.1 Å². The third kappa shape index (κ3) is 5.42. The van der Waals surface area contributed by atoms with Crippen molar-refractivity contribution < 1.29 is 9.18 Å². The Bertz CT molecular complexity index is 445. The molecule has 0 radical (unpaired) electrons. The van der Waals surface area contributed by atoms with E-state index in [1.54, 1.807) is 25.1 Å². The molecule has 0 bridgehead atoms. The highest BCUT2D eigenvalue weighted by Crippen LogP contribution is 2.18. The van der Waals surface area contributed by atoms with Crippen molar-refractivity contribution >= 4 is 5.91 Å². The van der Waals surface area contributed by atoms with E-state index in [0.717, 1.165) is 18.5 Å². The zero-order valence-electron chi connectivity index (χ0n) is 13.6. The molecule has 2 atom stereocenters.